The summed E-state index contributed by atoms with van der Waals surface area (Å²) in [6.45, 7) is 0. The third-order valence-corrected chi connectivity index (χ3v) is 5.91. The normalized spacial score (nSPS) is 14.6. The van der Waals surface area contributed by atoms with E-state index in [9.17, 15) is 19.7 Å². The molecule has 2 amide bonds. The maximum absolute atomic E-state index is 12.8. The van der Waals surface area contributed by atoms with Crippen LogP contribution >= 0.6 is 24.0 Å². The third-order valence-electron chi connectivity index (χ3n) is 4.61. The Kier molecular flexibility index (Phi) is 6.24. The number of hydrogen-bond acceptors (Lipinski definition) is 8. The van der Waals surface area contributed by atoms with Gasteiger partial charge >= 0.3 is 0 Å². The van der Waals surface area contributed by atoms with Crippen molar-refractivity contribution >= 4 is 51.9 Å². The molecule has 0 saturated carbocycles. The van der Waals surface area contributed by atoms with Gasteiger partial charge in [-0.3, -0.25) is 25.1 Å². The second-order valence-electron chi connectivity index (χ2n) is 6.67. The van der Waals surface area contributed by atoms with Crippen molar-refractivity contribution in [2.24, 2.45) is 0 Å². The van der Waals surface area contributed by atoms with Crippen LogP contribution < -0.4 is 10.2 Å². The summed E-state index contributed by atoms with van der Waals surface area (Å²) in [5, 5.41) is 12.4. The summed E-state index contributed by atoms with van der Waals surface area (Å²) >= 11 is 6.23. The van der Waals surface area contributed by atoms with Crippen LogP contribution in [0.25, 0.3) is 17.4 Å². The van der Waals surface area contributed by atoms with Gasteiger partial charge in [0.25, 0.3) is 17.5 Å². The average Bonchev–Trinajstić information content (AvgIpc) is 3.39. The molecule has 4 rings (SSSR count). The highest BCUT2D eigenvalue weighted by Gasteiger charge is 2.34. The number of nitro benzene ring substituents is 1. The predicted octanol–water partition coefficient (Wildman–Crippen LogP) is 4.41. The second kappa shape index (κ2) is 9.27. The van der Waals surface area contributed by atoms with Gasteiger partial charge in [-0.05, 0) is 48.6 Å². The molecule has 3 aromatic rings. The lowest BCUT2D eigenvalue weighted by molar-refractivity contribution is -0.384. The molecule has 0 radical (unpaired) electrons. The number of methoxy groups -OCH3 is 1. The zero-order chi connectivity index (χ0) is 23.5. The average molecular weight is 482 g/mol. The second-order valence-corrected chi connectivity index (χ2v) is 8.34. The van der Waals surface area contributed by atoms with E-state index in [1.165, 1.54) is 25.3 Å². The fourth-order valence-electron chi connectivity index (χ4n) is 3.02. The molecule has 9 nitrogen and oxygen atoms in total. The van der Waals surface area contributed by atoms with Crippen LogP contribution in [0.15, 0.2) is 70.0 Å². The topological polar surface area (TPSA) is 115 Å². The van der Waals surface area contributed by atoms with Crippen molar-refractivity contribution in [3.63, 3.8) is 0 Å². The maximum Gasteiger partial charge on any atom is 0.285 e. The minimum atomic E-state index is -0.527. The molecule has 1 aliphatic rings. The van der Waals surface area contributed by atoms with E-state index in [-0.39, 0.29) is 26.2 Å². The van der Waals surface area contributed by atoms with Crippen LogP contribution in [0.3, 0.4) is 0 Å². The number of nitrogens with one attached hydrogen (secondary N) is 1. The van der Waals surface area contributed by atoms with Crippen LogP contribution in [-0.4, -0.2) is 33.2 Å². The SMILES string of the molecule is COc1ccc(-c2ccc(/C=C3/SC(=S)N(NC(=O)c4ccccc4)C3=O)o2)c([N+](=O)[O-])c1. The van der Waals surface area contributed by atoms with Gasteiger partial charge in [-0.2, -0.15) is 5.01 Å². The van der Waals surface area contributed by atoms with Gasteiger partial charge in [0.05, 0.1) is 28.6 Å². The van der Waals surface area contributed by atoms with Gasteiger partial charge in [0.1, 0.15) is 17.3 Å². The van der Waals surface area contributed by atoms with Crippen molar-refractivity contribution in [3.8, 4) is 17.1 Å². The molecule has 1 aromatic heterocycles. The summed E-state index contributed by atoms with van der Waals surface area (Å²) in [6.07, 6.45) is 1.47. The summed E-state index contributed by atoms with van der Waals surface area (Å²) in [5.74, 6) is -0.0881. The highest BCUT2D eigenvalue weighted by atomic mass is 32.2. The van der Waals surface area contributed by atoms with Crippen molar-refractivity contribution in [2.45, 2.75) is 0 Å². The Labute approximate surface area is 197 Å². The smallest absolute Gasteiger partial charge is 0.285 e. The molecule has 0 atom stereocenters. The Morgan fingerprint density at radius 1 is 1.21 bits per heavy atom. The Hall–Kier alpha value is -3.96. The van der Waals surface area contributed by atoms with Crippen molar-refractivity contribution < 1.29 is 23.7 Å². The largest absolute Gasteiger partial charge is 0.497 e. The fourth-order valence-corrected chi connectivity index (χ4v) is 4.18. The molecule has 0 aliphatic carbocycles. The highest BCUT2D eigenvalue weighted by Crippen LogP contribution is 2.36. The Morgan fingerprint density at radius 3 is 2.67 bits per heavy atom. The minimum Gasteiger partial charge on any atom is -0.497 e. The number of furan rings is 1. The van der Waals surface area contributed by atoms with Gasteiger partial charge in [0, 0.05) is 11.6 Å². The van der Waals surface area contributed by atoms with Crippen molar-refractivity contribution in [2.75, 3.05) is 7.11 Å². The van der Waals surface area contributed by atoms with Crippen molar-refractivity contribution in [1.82, 2.24) is 10.4 Å². The van der Waals surface area contributed by atoms with Gasteiger partial charge in [-0.15, -0.1) is 0 Å². The lowest BCUT2D eigenvalue weighted by Gasteiger charge is -2.15. The molecule has 1 aliphatic heterocycles. The van der Waals surface area contributed by atoms with Gasteiger partial charge in [-0.25, -0.2) is 0 Å². The first-order valence-electron chi connectivity index (χ1n) is 9.44. The molecule has 0 unspecified atom stereocenters. The van der Waals surface area contributed by atoms with E-state index in [1.54, 1.807) is 48.5 Å². The summed E-state index contributed by atoms with van der Waals surface area (Å²) in [5.41, 5.74) is 2.97. The minimum absolute atomic E-state index is 0.160. The summed E-state index contributed by atoms with van der Waals surface area (Å²) in [7, 11) is 1.42. The first-order valence-corrected chi connectivity index (χ1v) is 10.7. The Morgan fingerprint density at radius 2 is 1.97 bits per heavy atom. The van der Waals surface area contributed by atoms with E-state index in [2.05, 4.69) is 5.43 Å². The van der Waals surface area contributed by atoms with Crippen LogP contribution in [0.5, 0.6) is 5.75 Å². The number of thiocarbonyl (C=S) groups is 1. The molecular formula is C22H15N3O6S2. The van der Waals surface area contributed by atoms with E-state index < -0.39 is 16.7 Å². The third kappa shape index (κ3) is 4.64. The molecule has 2 aromatic carbocycles. The van der Waals surface area contributed by atoms with E-state index in [1.807, 2.05) is 0 Å². The monoisotopic (exact) mass is 481 g/mol. The van der Waals surface area contributed by atoms with E-state index in [0.29, 0.717) is 17.1 Å². The van der Waals surface area contributed by atoms with Crippen LogP contribution in [0.1, 0.15) is 16.1 Å². The molecule has 11 heteroatoms. The number of carbonyl (C=O) groups is 2. The van der Waals surface area contributed by atoms with Gasteiger partial charge < -0.3 is 9.15 Å². The number of benzene rings is 2. The quantitative estimate of drug-likeness (QED) is 0.238. The van der Waals surface area contributed by atoms with Gasteiger partial charge in [-0.1, -0.05) is 30.0 Å². The molecule has 0 bridgehead atoms. The van der Waals surface area contributed by atoms with Crippen LogP contribution in [0.4, 0.5) is 5.69 Å². The molecule has 166 valence electrons. The highest BCUT2D eigenvalue weighted by molar-refractivity contribution is 8.26. The maximum atomic E-state index is 12.8. The van der Waals surface area contributed by atoms with Crippen LogP contribution in [-0.2, 0) is 4.79 Å². The van der Waals surface area contributed by atoms with Crippen molar-refractivity contribution in [3.05, 3.63) is 87.0 Å². The zero-order valence-corrected chi connectivity index (χ0v) is 18.6. The number of carbonyl (C=O) groups excluding carboxylic acids is 2. The number of hydrogen-bond donors (Lipinski definition) is 1. The summed E-state index contributed by atoms with van der Waals surface area (Å²) in [4.78, 5) is 36.3. The number of nitro groups is 1. The number of rotatable bonds is 6. The molecule has 1 saturated heterocycles. The Bertz CT molecular complexity index is 1300. The fraction of sp³-hybridized carbons (Fsp3) is 0.0455. The van der Waals surface area contributed by atoms with E-state index in [4.69, 9.17) is 21.4 Å². The zero-order valence-electron chi connectivity index (χ0n) is 17.0. The van der Waals surface area contributed by atoms with Crippen LogP contribution in [0.2, 0.25) is 0 Å². The lowest BCUT2D eigenvalue weighted by atomic mass is 10.1. The molecule has 1 fully saturated rings. The van der Waals surface area contributed by atoms with E-state index in [0.717, 1.165) is 16.8 Å². The number of amides is 2. The first kappa shape index (κ1) is 22.2. The number of ether oxygens (including phenoxy) is 1. The standard InChI is InChI=1S/C22H15N3O6S2/c1-30-14-7-9-16(17(11-14)25(28)29)18-10-8-15(31-18)12-19-21(27)24(22(32)33-19)23-20(26)13-5-3-2-4-6-13/h2-12H,1H3,(H,23,26)/b19-12+. The molecule has 1 N–H and O–H groups in total. The molecular weight excluding hydrogens is 466 g/mol. The summed E-state index contributed by atoms with van der Waals surface area (Å²) < 4.78 is 10.9. The van der Waals surface area contributed by atoms with Gasteiger partial charge in [0.2, 0.25) is 0 Å². The van der Waals surface area contributed by atoms with E-state index >= 15 is 0 Å². The lowest BCUT2D eigenvalue weighted by Crippen LogP contribution is -2.44. The molecule has 0 spiro atoms. The first-order chi connectivity index (χ1) is 15.9. The van der Waals surface area contributed by atoms with Gasteiger partial charge in [0.15, 0.2) is 4.32 Å². The predicted molar refractivity (Wildman–Crippen MR) is 126 cm³/mol. The number of thioether (sulfide) groups is 1. The van der Waals surface area contributed by atoms with Crippen molar-refractivity contribution in [1.29, 1.82) is 0 Å². The number of nitrogens with zero attached hydrogens (tertiary/aromatic N) is 2. The summed E-state index contributed by atoms with van der Waals surface area (Å²) in [6, 6.07) is 16.0. The molecule has 2 heterocycles. The molecule has 33 heavy (non-hydrogen) atoms. The Balaban J connectivity index is 1.55. The van der Waals surface area contributed by atoms with Crippen LogP contribution in [0, 0.1) is 10.1 Å². The number of hydrazine groups is 1.